The van der Waals surface area contributed by atoms with Gasteiger partial charge in [-0.1, -0.05) is 11.6 Å². The van der Waals surface area contributed by atoms with Crippen molar-refractivity contribution in [1.82, 2.24) is 14.9 Å². The van der Waals surface area contributed by atoms with E-state index in [2.05, 4.69) is 15.3 Å². The van der Waals surface area contributed by atoms with E-state index in [4.69, 9.17) is 25.8 Å². The number of ether oxygens (including phenoxy) is 3. The van der Waals surface area contributed by atoms with E-state index in [0.29, 0.717) is 59.8 Å². The Labute approximate surface area is 202 Å². The lowest BCUT2D eigenvalue weighted by Crippen LogP contribution is -2.42. The Kier molecular flexibility index (Phi) is 7.21. The second-order valence-electron chi connectivity index (χ2n) is 8.23. The van der Waals surface area contributed by atoms with Gasteiger partial charge >= 0.3 is 6.09 Å². The van der Waals surface area contributed by atoms with Crippen LogP contribution in [0.15, 0.2) is 36.7 Å². The van der Waals surface area contributed by atoms with Crippen LogP contribution >= 0.6 is 11.6 Å². The molecule has 2 heterocycles. The third-order valence-corrected chi connectivity index (χ3v) is 5.72. The molecule has 34 heavy (non-hydrogen) atoms. The number of carbonyl (C=O) groups excluding carboxylic acids is 1. The van der Waals surface area contributed by atoms with E-state index in [1.807, 2.05) is 19.9 Å². The first-order valence-corrected chi connectivity index (χ1v) is 11.4. The zero-order valence-electron chi connectivity index (χ0n) is 19.2. The number of piperidine rings is 1. The van der Waals surface area contributed by atoms with Crippen LogP contribution in [0.5, 0.6) is 11.5 Å². The number of nitrogens with one attached hydrogen (secondary N) is 1. The number of hydrogen-bond acceptors (Lipinski definition) is 7. The summed E-state index contributed by atoms with van der Waals surface area (Å²) in [5.74, 6) is 1.12. The summed E-state index contributed by atoms with van der Waals surface area (Å²) in [6, 6.07) is 7.96. The first-order chi connectivity index (χ1) is 16.3. The first-order valence-electron chi connectivity index (χ1n) is 11.0. The van der Waals surface area contributed by atoms with Gasteiger partial charge in [-0.2, -0.15) is 0 Å². The second-order valence-corrected chi connectivity index (χ2v) is 8.64. The number of benzene rings is 2. The first kappa shape index (κ1) is 23.8. The van der Waals surface area contributed by atoms with Crippen LogP contribution in [0.3, 0.4) is 0 Å². The van der Waals surface area contributed by atoms with Gasteiger partial charge in [0.2, 0.25) is 0 Å². The highest BCUT2D eigenvalue weighted by Gasteiger charge is 2.26. The molecule has 1 fully saturated rings. The number of methoxy groups -OCH3 is 1. The molecule has 0 saturated carbocycles. The Bertz CT molecular complexity index is 1190. The standard InChI is InChI=1S/C24H26ClFN4O4/c1-14(2)33-24(31)30-8-6-16(7-9-30)34-22-11-17-20(12-21(22)32-3)27-13-28-23(17)29-15-4-5-19(26)18(25)10-15/h4-5,10-14,16H,6-9H2,1-3H3,(H,27,28,29). The van der Waals surface area contributed by atoms with Crippen LogP contribution in [0.25, 0.3) is 10.9 Å². The fraction of sp³-hybridized carbons (Fsp3) is 0.375. The molecule has 4 rings (SSSR count). The molecule has 2 aromatic carbocycles. The van der Waals surface area contributed by atoms with Gasteiger partial charge in [0.1, 0.15) is 24.1 Å². The van der Waals surface area contributed by atoms with Gasteiger partial charge in [0.05, 0.1) is 23.8 Å². The Balaban J connectivity index is 1.54. The van der Waals surface area contributed by atoms with Crippen molar-refractivity contribution in [1.29, 1.82) is 0 Å². The summed E-state index contributed by atoms with van der Waals surface area (Å²) in [4.78, 5) is 22.5. The largest absolute Gasteiger partial charge is 0.493 e. The Morgan fingerprint density at radius 3 is 2.62 bits per heavy atom. The number of nitrogens with zero attached hydrogens (tertiary/aromatic N) is 3. The Morgan fingerprint density at radius 2 is 1.94 bits per heavy atom. The number of anilines is 2. The van der Waals surface area contributed by atoms with Gasteiger partial charge in [-0.15, -0.1) is 0 Å². The molecule has 0 aliphatic carbocycles. The lowest BCUT2D eigenvalue weighted by molar-refractivity contribution is 0.0511. The van der Waals surface area contributed by atoms with E-state index in [1.165, 1.54) is 18.5 Å². The van der Waals surface area contributed by atoms with Crippen molar-refractivity contribution < 1.29 is 23.4 Å². The molecule has 10 heteroatoms. The lowest BCUT2D eigenvalue weighted by atomic mass is 10.1. The zero-order valence-corrected chi connectivity index (χ0v) is 19.9. The van der Waals surface area contributed by atoms with E-state index >= 15 is 0 Å². The normalized spacial score (nSPS) is 14.4. The Morgan fingerprint density at radius 1 is 1.18 bits per heavy atom. The van der Waals surface area contributed by atoms with Crippen LogP contribution in [0, 0.1) is 5.82 Å². The van der Waals surface area contributed by atoms with Crippen molar-refractivity contribution >= 4 is 40.1 Å². The Hall–Kier alpha value is -3.33. The zero-order chi connectivity index (χ0) is 24.2. The number of fused-ring (bicyclic) bond motifs is 1. The van der Waals surface area contributed by atoms with Gasteiger partial charge in [0.25, 0.3) is 0 Å². The highest BCUT2D eigenvalue weighted by Crippen LogP contribution is 2.36. The van der Waals surface area contributed by atoms with Crippen LogP contribution in [0.4, 0.5) is 20.7 Å². The maximum absolute atomic E-state index is 13.5. The van der Waals surface area contributed by atoms with Crippen molar-refractivity contribution in [3.8, 4) is 11.5 Å². The summed E-state index contributed by atoms with van der Waals surface area (Å²) in [6.07, 6.45) is 2.22. The molecule has 0 atom stereocenters. The number of carbonyl (C=O) groups is 1. The fourth-order valence-corrected chi connectivity index (χ4v) is 3.92. The van der Waals surface area contributed by atoms with Gasteiger partial charge in [0.15, 0.2) is 11.5 Å². The van der Waals surface area contributed by atoms with Crippen LogP contribution in [0.1, 0.15) is 26.7 Å². The van der Waals surface area contributed by atoms with Gasteiger partial charge in [-0.25, -0.2) is 19.2 Å². The molecule has 8 nitrogen and oxygen atoms in total. The van der Waals surface area contributed by atoms with Crippen LogP contribution in [0.2, 0.25) is 5.02 Å². The molecule has 1 N–H and O–H groups in total. The molecule has 180 valence electrons. The molecule has 3 aromatic rings. The summed E-state index contributed by atoms with van der Waals surface area (Å²) < 4.78 is 30.6. The molecule has 1 amide bonds. The molecule has 0 unspecified atom stereocenters. The van der Waals surface area contributed by atoms with E-state index < -0.39 is 5.82 Å². The molecule has 1 aliphatic heterocycles. The van der Waals surface area contributed by atoms with Gasteiger partial charge in [0, 0.05) is 43.1 Å². The topological polar surface area (TPSA) is 85.8 Å². The monoisotopic (exact) mass is 488 g/mol. The smallest absolute Gasteiger partial charge is 0.410 e. The van der Waals surface area contributed by atoms with E-state index in [-0.39, 0.29) is 23.3 Å². The summed E-state index contributed by atoms with van der Waals surface area (Å²) in [5.41, 5.74) is 1.24. The van der Waals surface area contributed by atoms with Crippen molar-refractivity contribution in [2.75, 3.05) is 25.5 Å². The molecular formula is C24H26ClFN4O4. The minimum atomic E-state index is -0.497. The number of rotatable bonds is 6. The lowest BCUT2D eigenvalue weighted by Gasteiger charge is -2.32. The molecule has 0 bridgehead atoms. The number of aromatic nitrogens is 2. The van der Waals surface area contributed by atoms with E-state index in [1.54, 1.807) is 24.1 Å². The number of likely N-dealkylation sites (tertiary alicyclic amines) is 1. The number of amides is 1. The molecule has 0 spiro atoms. The maximum Gasteiger partial charge on any atom is 0.410 e. The van der Waals surface area contributed by atoms with Crippen LogP contribution < -0.4 is 14.8 Å². The van der Waals surface area contributed by atoms with E-state index in [0.717, 1.165) is 0 Å². The average molecular weight is 489 g/mol. The van der Waals surface area contributed by atoms with Gasteiger partial charge in [-0.05, 0) is 38.1 Å². The molecule has 1 saturated heterocycles. The van der Waals surface area contributed by atoms with Crippen molar-refractivity contribution in [3.63, 3.8) is 0 Å². The SMILES string of the molecule is COc1cc2ncnc(Nc3ccc(F)c(Cl)c3)c2cc1OC1CCN(C(=O)OC(C)C)CC1. The molecule has 0 radical (unpaired) electrons. The third kappa shape index (κ3) is 5.41. The van der Waals surface area contributed by atoms with Gasteiger partial charge < -0.3 is 24.4 Å². The number of hydrogen-bond donors (Lipinski definition) is 1. The maximum atomic E-state index is 13.5. The van der Waals surface area contributed by atoms with E-state index in [9.17, 15) is 9.18 Å². The predicted molar refractivity (Wildman–Crippen MR) is 128 cm³/mol. The fourth-order valence-electron chi connectivity index (χ4n) is 3.74. The summed E-state index contributed by atoms with van der Waals surface area (Å²) >= 11 is 5.91. The van der Waals surface area contributed by atoms with Crippen molar-refractivity contribution in [2.24, 2.45) is 0 Å². The van der Waals surface area contributed by atoms with Crippen LogP contribution in [-0.2, 0) is 4.74 Å². The summed E-state index contributed by atoms with van der Waals surface area (Å²) in [5, 5.41) is 3.88. The minimum Gasteiger partial charge on any atom is -0.493 e. The van der Waals surface area contributed by atoms with Crippen molar-refractivity contribution in [3.05, 3.63) is 47.5 Å². The van der Waals surface area contributed by atoms with Crippen molar-refractivity contribution in [2.45, 2.75) is 38.9 Å². The number of halogens is 2. The second kappa shape index (κ2) is 10.3. The summed E-state index contributed by atoms with van der Waals surface area (Å²) in [7, 11) is 1.57. The quantitative estimate of drug-likeness (QED) is 0.486. The average Bonchev–Trinajstić information content (AvgIpc) is 2.81. The van der Waals surface area contributed by atoms with Gasteiger partial charge in [-0.3, -0.25) is 0 Å². The highest BCUT2D eigenvalue weighted by atomic mass is 35.5. The third-order valence-electron chi connectivity index (χ3n) is 5.43. The minimum absolute atomic E-state index is 0.0117. The molecular weight excluding hydrogens is 463 g/mol. The summed E-state index contributed by atoms with van der Waals surface area (Å²) in [6.45, 7) is 4.76. The van der Waals surface area contributed by atoms with Crippen LogP contribution in [-0.4, -0.2) is 53.4 Å². The molecule has 1 aliphatic rings. The highest BCUT2D eigenvalue weighted by molar-refractivity contribution is 6.31. The molecule has 1 aromatic heterocycles. The predicted octanol–water partition coefficient (Wildman–Crippen LogP) is 5.56.